The van der Waals surface area contributed by atoms with Crippen LogP contribution in [0, 0.1) is 26.6 Å². The van der Waals surface area contributed by atoms with E-state index in [2.05, 4.69) is 41.3 Å². The van der Waals surface area contributed by atoms with Crippen molar-refractivity contribution >= 4 is 33.1 Å². The molecule has 0 atom stereocenters. The SMILES string of the molecule is Cc1cccc(Nc2nc(C)nc3sc(C)c(-c4ccc(F)cc4)c23)c1. The van der Waals surface area contributed by atoms with Gasteiger partial charge in [0.1, 0.15) is 22.3 Å². The lowest BCUT2D eigenvalue weighted by Crippen LogP contribution is -1.98. The molecule has 3 nitrogen and oxygen atoms in total. The zero-order chi connectivity index (χ0) is 18.3. The molecular weight excluding hydrogens is 345 g/mol. The molecule has 2 aromatic heterocycles. The Kier molecular flexibility index (Phi) is 4.17. The maximum atomic E-state index is 13.4. The van der Waals surface area contributed by atoms with Gasteiger partial charge in [0.05, 0.1) is 5.39 Å². The predicted octanol–water partition coefficient (Wildman–Crippen LogP) is 6.17. The number of thiophene rings is 1. The Morgan fingerprint density at radius 2 is 1.73 bits per heavy atom. The number of fused-ring (bicyclic) bond motifs is 1. The molecule has 0 saturated carbocycles. The van der Waals surface area contributed by atoms with Gasteiger partial charge in [-0.1, -0.05) is 24.3 Å². The summed E-state index contributed by atoms with van der Waals surface area (Å²) in [4.78, 5) is 11.3. The normalized spacial score (nSPS) is 11.1. The molecule has 26 heavy (non-hydrogen) atoms. The molecule has 0 aliphatic rings. The van der Waals surface area contributed by atoms with E-state index in [-0.39, 0.29) is 5.82 Å². The van der Waals surface area contributed by atoms with Crippen molar-refractivity contribution in [3.8, 4) is 11.1 Å². The molecule has 4 aromatic rings. The molecule has 0 unspecified atom stereocenters. The third-order valence-electron chi connectivity index (χ3n) is 4.25. The Hall–Kier alpha value is -2.79. The van der Waals surface area contributed by atoms with Crippen molar-refractivity contribution in [2.45, 2.75) is 20.8 Å². The molecule has 0 aliphatic carbocycles. The lowest BCUT2D eigenvalue weighted by molar-refractivity contribution is 0.628. The molecule has 0 radical (unpaired) electrons. The Morgan fingerprint density at radius 3 is 2.46 bits per heavy atom. The quantitative estimate of drug-likeness (QED) is 0.473. The van der Waals surface area contributed by atoms with E-state index in [1.807, 2.05) is 19.1 Å². The molecule has 2 aromatic carbocycles. The third-order valence-corrected chi connectivity index (χ3v) is 5.25. The Morgan fingerprint density at radius 1 is 0.962 bits per heavy atom. The van der Waals surface area contributed by atoms with Gasteiger partial charge < -0.3 is 5.32 Å². The summed E-state index contributed by atoms with van der Waals surface area (Å²) in [6, 6.07) is 14.8. The van der Waals surface area contributed by atoms with Crippen molar-refractivity contribution in [3.05, 3.63) is 70.6 Å². The van der Waals surface area contributed by atoms with Crippen LogP contribution >= 0.6 is 11.3 Å². The molecule has 130 valence electrons. The summed E-state index contributed by atoms with van der Waals surface area (Å²) in [5, 5.41) is 4.42. The first kappa shape index (κ1) is 16.7. The number of anilines is 2. The standard InChI is InChI=1S/C21H18FN3S/c1-12-5-4-6-17(11-12)25-20-19-18(15-7-9-16(22)10-8-15)13(2)26-21(19)24-14(3)23-20/h4-11H,1-3H3,(H,23,24,25). The van der Waals surface area contributed by atoms with Crippen LogP contribution in [0.5, 0.6) is 0 Å². The van der Waals surface area contributed by atoms with Gasteiger partial charge in [0.25, 0.3) is 0 Å². The summed E-state index contributed by atoms with van der Waals surface area (Å²) in [6.07, 6.45) is 0. The van der Waals surface area contributed by atoms with Crippen LogP contribution in [-0.4, -0.2) is 9.97 Å². The fourth-order valence-corrected chi connectivity index (χ4v) is 4.22. The van der Waals surface area contributed by atoms with Crippen LogP contribution in [0.4, 0.5) is 15.9 Å². The van der Waals surface area contributed by atoms with E-state index < -0.39 is 0 Å². The van der Waals surface area contributed by atoms with Crippen molar-refractivity contribution in [3.63, 3.8) is 0 Å². The zero-order valence-corrected chi connectivity index (χ0v) is 15.6. The fourth-order valence-electron chi connectivity index (χ4n) is 3.13. The van der Waals surface area contributed by atoms with Crippen LogP contribution in [0.25, 0.3) is 21.3 Å². The van der Waals surface area contributed by atoms with Crippen LogP contribution < -0.4 is 5.32 Å². The van der Waals surface area contributed by atoms with Crippen molar-refractivity contribution in [1.82, 2.24) is 9.97 Å². The summed E-state index contributed by atoms with van der Waals surface area (Å²) in [5.41, 5.74) is 4.19. The summed E-state index contributed by atoms with van der Waals surface area (Å²) in [6.45, 7) is 6.02. The second-order valence-corrected chi connectivity index (χ2v) is 7.54. The monoisotopic (exact) mass is 363 g/mol. The summed E-state index contributed by atoms with van der Waals surface area (Å²) < 4.78 is 13.4. The van der Waals surface area contributed by atoms with E-state index in [4.69, 9.17) is 0 Å². The molecule has 0 saturated heterocycles. The zero-order valence-electron chi connectivity index (χ0n) is 14.8. The van der Waals surface area contributed by atoms with Crippen molar-refractivity contribution in [1.29, 1.82) is 0 Å². The minimum Gasteiger partial charge on any atom is -0.340 e. The van der Waals surface area contributed by atoms with Gasteiger partial charge in [-0.25, -0.2) is 14.4 Å². The van der Waals surface area contributed by atoms with Gasteiger partial charge in [-0.05, 0) is 56.2 Å². The van der Waals surface area contributed by atoms with Gasteiger partial charge in [-0.2, -0.15) is 0 Å². The summed E-state index contributed by atoms with van der Waals surface area (Å²) >= 11 is 1.63. The first-order chi connectivity index (χ1) is 12.5. The number of rotatable bonds is 3. The summed E-state index contributed by atoms with van der Waals surface area (Å²) in [7, 11) is 0. The van der Waals surface area contributed by atoms with Crippen LogP contribution in [0.1, 0.15) is 16.3 Å². The molecule has 0 spiro atoms. The number of aromatic nitrogens is 2. The maximum Gasteiger partial charge on any atom is 0.143 e. The average molecular weight is 363 g/mol. The number of nitrogens with zero attached hydrogens (tertiary/aromatic N) is 2. The predicted molar refractivity (Wildman–Crippen MR) is 107 cm³/mol. The maximum absolute atomic E-state index is 13.4. The van der Waals surface area contributed by atoms with Crippen molar-refractivity contribution < 1.29 is 4.39 Å². The molecule has 0 amide bonds. The molecule has 0 aliphatic heterocycles. The fraction of sp³-hybridized carbons (Fsp3) is 0.143. The number of aryl methyl sites for hydroxylation is 3. The van der Waals surface area contributed by atoms with Gasteiger partial charge in [0.2, 0.25) is 0 Å². The minimum absolute atomic E-state index is 0.240. The highest BCUT2D eigenvalue weighted by atomic mass is 32.1. The van der Waals surface area contributed by atoms with Crippen LogP contribution in [0.15, 0.2) is 48.5 Å². The largest absolute Gasteiger partial charge is 0.340 e. The highest BCUT2D eigenvalue weighted by Crippen LogP contribution is 2.41. The van der Waals surface area contributed by atoms with Crippen molar-refractivity contribution in [2.24, 2.45) is 0 Å². The average Bonchev–Trinajstić information content (AvgIpc) is 2.91. The molecule has 0 fully saturated rings. The van der Waals surface area contributed by atoms with Gasteiger partial charge in [0.15, 0.2) is 0 Å². The van der Waals surface area contributed by atoms with E-state index in [0.29, 0.717) is 0 Å². The van der Waals surface area contributed by atoms with Crippen LogP contribution in [-0.2, 0) is 0 Å². The number of halogens is 1. The number of hydrogen-bond acceptors (Lipinski definition) is 4. The van der Waals surface area contributed by atoms with Crippen LogP contribution in [0.2, 0.25) is 0 Å². The Labute approximate surface area is 155 Å². The number of hydrogen-bond donors (Lipinski definition) is 1. The van der Waals surface area contributed by atoms with E-state index in [1.165, 1.54) is 17.7 Å². The van der Waals surface area contributed by atoms with Gasteiger partial charge in [-0.3, -0.25) is 0 Å². The van der Waals surface area contributed by atoms with E-state index in [0.717, 1.165) is 43.6 Å². The molecule has 4 rings (SSSR count). The molecule has 2 heterocycles. The van der Waals surface area contributed by atoms with Gasteiger partial charge >= 0.3 is 0 Å². The van der Waals surface area contributed by atoms with E-state index >= 15 is 0 Å². The van der Waals surface area contributed by atoms with Gasteiger partial charge in [-0.15, -0.1) is 11.3 Å². The smallest absolute Gasteiger partial charge is 0.143 e. The van der Waals surface area contributed by atoms with Gasteiger partial charge in [0, 0.05) is 16.1 Å². The first-order valence-corrected chi connectivity index (χ1v) is 9.20. The summed E-state index contributed by atoms with van der Waals surface area (Å²) in [5.74, 6) is 1.26. The topological polar surface area (TPSA) is 37.8 Å². The third kappa shape index (κ3) is 3.06. The Balaban J connectivity index is 1.93. The highest BCUT2D eigenvalue weighted by molar-refractivity contribution is 7.19. The first-order valence-electron chi connectivity index (χ1n) is 8.38. The second kappa shape index (κ2) is 6.50. The van der Waals surface area contributed by atoms with Crippen molar-refractivity contribution in [2.75, 3.05) is 5.32 Å². The molecule has 1 N–H and O–H groups in total. The highest BCUT2D eigenvalue weighted by Gasteiger charge is 2.18. The Bertz CT molecular complexity index is 1100. The molecule has 0 bridgehead atoms. The number of benzene rings is 2. The molecular formula is C21H18FN3S. The van der Waals surface area contributed by atoms with Crippen LogP contribution in [0.3, 0.4) is 0 Å². The lowest BCUT2D eigenvalue weighted by atomic mass is 10.0. The van der Waals surface area contributed by atoms with E-state index in [9.17, 15) is 4.39 Å². The molecule has 5 heteroatoms. The van der Waals surface area contributed by atoms with E-state index in [1.54, 1.807) is 23.5 Å². The minimum atomic E-state index is -0.240. The lowest BCUT2D eigenvalue weighted by Gasteiger charge is -2.10. The number of nitrogens with one attached hydrogen (secondary N) is 1. The second-order valence-electron chi connectivity index (χ2n) is 6.33.